The number of hydrogen-bond acceptors (Lipinski definition) is 2. The minimum atomic E-state index is 1.92. The van der Waals surface area contributed by atoms with Gasteiger partial charge in [0.2, 0.25) is 0 Å². The van der Waals surface area contributed by atoms with E-state index in [0.29, 0.717) is 0 Å². The van der Waals surface area contributed by atoms with E-state index in [0.717, 1.165) is 0 Å². The average molecular weight is 108 g/mol. The first-order valence-electron chi connectivity index (χ1n) is 1.67. The van der Waals surface area contributed by atoms with Crippen LogP contribution in [0.15, 0.2) is 0 Å². The molecule has 2 N–H and O–H groups in total. The minimum absolute atomic E-state index is 1.92. The molecule has 0 aromatic carbocycles. The van der Waals surface area contributed by atoms with Gasteiger partial charge in [0.15, 0.2) is 0 Å². The fourth-order valence-electron chi connectivity index (χ4n) is 0. The van der Waals surface area contributed by atoms with Crippen LogP contribution in [0.2, 0.25) is 0 Å². The van der Waals surface area contributed by atoms with Gasteiger partial charge in [-0.2, -0.15) is 0 Å². The zero-order valence-electron chi connectivity index (χ0n) is 4.60. The van der Waals surface area contributed by atoms with Crippen molar-refractivity contribution in [2.45, 2.75) is 0 Å². The minimum Gasteiger partial charge on any atom is -0.314 e. The molecule has 0 heterocycles. The zero-order valence-corrected chi connectivity index (χ0v) is 5.76. The van der Waals surface area contributed by atoms with Crippen molar-refractivity contribution in [3.63, 3.8) is 0 Å². The fraction of sp³-hybridized carbons (Fsp3) is 1.00. The van der Waals surface area contributed by atoms with Gasteiger partial charge in [-0.05, 0) is 21.1 Å². The third-order valence-corrected chi connectivity index (χ3v) is 0. The Morgan fingerprint density at radius 3 is 1.17 bits per heavy atom. The lowest BCUT2D eigenvalue weighted by Crippen LogP contribution is -1.99. The van der Waals surface area contributed by atoms with Crippen LogP contribution in [0.3, 0.4) is 0 Å². The quantitative estimate of drug-likeness (QED) is 0.439. The van der Waals surface area contributed by atoms with Crippen molar-refractivity contribution >= 4 is 9.39 Å². The summed E-state index contributed by atoms with van der Waals surface area (Å²) in [7, 11) is 7.92. The third-order valence-electron chi connectivity index (χ3n) is 0. The van der Waals surface area contributed by atoms with Crippen LogP contribution >= 0.6 is 9.39 Å². The topological polar surface area (TPSA) is 29.3 Å². The Bertz CT molecular complexity index is 13.5. The molecular formula is C3H13N2P. The Morgan fingerprint density at radius 2 is 1.17 bits per heavy atom. The Morgan fingerprint density at radius 1 is 1.17 bits per heavy atom. The smallest absolute Gasteiger partial charge is 0.0140 e. The second-order valence-electron chi connectivity index (χ2n) is 1.34. The van der Waals surface area contributed by atoms with Crippen LogP contribution in [-0.4, -0.2) is 26.0 Å². The van der Waals surface area contributed by atoms with E-state index >= 15 is 0 Å². The highest BCUT2D eigenvalue weighted by Gasteiger charge is 1.58. The normalized spacial score (nSPS) is 7.00. The summed E-state index contributed by atoms with van der Waals surface area (Å²) in [6.45, 7) is 0. The van der Waals surface area contributed by atoms with Gasteiger partial charge in [-0.15, -0.1) is 0 Å². The molecule has 0 bridgehead atoms. The van der Waals surface area contributed by atoms with Gasteiger partial charge in [0.05, 0.1) is 0 Å². The van der Waals surface area contributed by atoms with Crippen molar-refractivity contribution < 1.29 is 0 Å². The van der Waals surface area contributed by atoms with Gasteiger partial charge in [0.25, 0.3) is 0 Å². The number of rotatable bonds is 0. The maximum Gasteiger partial charge on any atom is -0.0140 e. The van der Waals surface area contributed by atoms with E-state index in [1.165, 1.54) is 0 Å². The molecule has 6 heavy (non-hydrogen) atoms. The van der Waals surface area contributed by atoms with Crippen LogP contribution in [0.25, 0.3) is 0 Å². The molecule has 1 unspecified atom stereocenters. The lowest BCUT2D eigenvalue weighted by molar-refractivity contribution is 0.505. The summed E-state index contributed by atoms with van der Waals surface area (Å²) >= 11 is 0. The first kappa shape index (κ1) is 9.61. The van der Waals surface area contributed by atoms with Crippen LogP contribution in [0.5, 0.6) is 0 Å². The van der Waals surface area contributed by atoms with Crippen LogP contribution < -0.4 is 5.50 Å². The van der Waals surface area contributed by atoms with E-state index in [9.17, 15) is 0 Å². The molecule has 40 valence electrons. The molecular weight excluding hydrogens is 95.0 g/mol. The van der Waals surface area contributed by atoms with Crippen LogP contribution in [-0.2, 0) is 0 Å². The van der Waals surface area contributed by atoms with Crippen molar-refractivity contribution in [3.8, 4) is 0 Å². The molecule has 0 fully saturated rings. The van der Waals surface area contributed by atoms with Gasteiger partial charge in [-0.3, -0.25) is 0 Å². The Labute approximate surface area is 42.0 Å². The molecule has 0 saturated carbocycles. The molecule has 0 aliphatic heterocycles. The van der Waals surface area contributed by atoms with E-state index in [1.54, 1.807) is 0 Å². The van der Waals surface area contributed by atoms with E-state index in [1.807, 2.05) is 35.4 Å². The summed E-state index contributed by atoms with van der Waals surface area (Å²) in [6.07, 6.45) is 0. The monoisotopic (exact) mass is 108 g/mol. The second kappa shape index (κ2) is 9.02. The highest BCUT2D eigenvalue weighted by Crippen LogP contribution is 1.47. The fourth-order valence-corrected chi connectivity index (χ4v) is 0. The number of nitrogens with two attached hydrogens (primary N) is 1. The van der Waals surface area contributed by atoms with E-state index < -0.39 is 0 Å². The van der Waals surface area contributed by atoms with Crippen molar-refractivity contribution in [3.05, 3.63) is 0 Å². The Balaban J connectivity index is 0. The maximum absolute atomic E-state index is 4.42. The predicted octanol–water partition coefficient (Wildman–Crippen LogP) is -0.0870. The zero-order chi connectivity index (χ0) is 5.58. The van der Waals surface area contributed by atoms with Crippen LogP contribution in [0, 0.1) is 0 Å². The summed E-state index contributed by atoms with van der Waals surface area (Å²) in [5.41, 5.74) is 4.42. The molecule has 0 aliphatic rings. The van der Waals surface area contributed by atoms with Crippen molar-refractivity contribution in [1.82, 2.24) is 4.90 Å². The first-order chi connectivity index (χ1) is 2.73. The van der Waals surface area contributed by atoms with Crippen molar-refractivity contribution in [2.24, 2.45) is 5.50 Å². The average Bonchev–Trinajstić information content (AvgIpc) is 1.41. The summed E-state index contributed by atoms with van der Waals surface area (Å²) < 4.78 is 0. The number of hydrogen-bond donors (Lipinski definition) is 1. The number of nitrogens with zero attached hydrogens (tertiary/aromatic N) is 1. The lowest BCUT2D eigenvalue weighted by atomic mass is 11.0. The molecule has 0 aromatic rings. The summed E-state index contributed by atoms with van der Waals surface area (Å²) in [6, 6.07) is 0. The molecule has 0 saturated heterocycles. The molecule has 0 aliphatic carbocycles. The van der Waals surface area contributed by atoms with Gasteiger partial charge in [0.1, 0.15) is 0 Å². The molecule has 1 atom stereocenters. The molecule has 0 amide bonds. The maximum atomic E-state index is 4.42. The standard InChI is InChI=1S/C3H9N.H4NP/c1-4(2)3;1-2/h1-3H3;1-2H2. The highest BCUT2D eigenvalue weighted by molar-refractivity contribution is 7.13. The second-order valence-corrected chi connectivity index (χ2v) is 1.34. The lowest BCUT2D eigenvalue weighted by Gasteiger charge is -1.90. The van der Waals surface area contributed by atoms with Crippen LogP contribution in [0.1, 0.15) is 0 Å². The van der Waals surface area contributed by atoms with E-state index in [-0.39, 0.29) is 0 Å². The van der Waals surface area contributed by atoms with E-state index in [2.05, 4.69) is 5.50 Å². The Kier molecular flexibility index (Phi) is 14.4. The largest absolute Gasteiger partial charge is 0.314 e. The summed E-state index contributed by atoms with van der Waals surface area (Å²) in [4.78, 5) is 2.00. The summed E-state index contributed by atoms with van der Waals surface area (Å²) in [5.74, 6) is 0. The van der Waals surface area contributed by atoms with Gasteiger partial charge >= 0.3 is 0 Å². The third kappa shape index (κ3) is 399. The highest BCUT2D eigenvalue weighted by atomic mass is 31.0. The van der Waals surface area contributed by atoms with Gasteiger partial charge < -0.3 is 10.4 Å². The SMILES string of the molecule is CN(C)C.NP. The predicted molar refractivity (Wildman–Crippen MR) is 33.5 cm³/mol. The summed E-state index contributed by atoms with van der Waals surface area (Å²) in [5, 5.41) is 0. The molecule has 3 heteroatoms. The molecule has 0 aromatic heterocycles. The van der Waals surface area contributed by atoms with Crippen molar-refractivity contribution in [1.29, 1.82) is 0 Å². The Hall–Kier alpha value is 0.350. The van der Waals surface area contributed by atoms with Crippen LogP contribution in [0.4, 0.5) is 0 Å². The van der Waals surface area contributed by atoms with Gasteiger partial charge in [0, 0.05) is 0 Å². The van der Waals surface area contributed by atoms with Gasteiger partial charge in [-0.25, -0.2) is 0 Å². The van der Waals surface area contributed by atoms with Gasteiger partial charge in [-0.1, -0.05) is 9.39 Å². The molecule has 2 nitrogen and oxygen atoms in total. The first-order valence-corrected chi connectivity index (χ1v) is 2.34. The molecule has 0 radical (unpaired) electrons. The molecule has 0 rings (SSSR count). The molecule has 0 spiro atoms. The van der Waals surface area contributed by atoms with Crippen molar-refractivity contribution in [2.75, 3.05) is 21.1 Å². The van der Waals surface area contributed by atoms with E-state index in [4.69, 9.17) is 0 Å².